The van der Waals surface area contributed by atoms with Crippen LogP contribution in [-0.2, 0) is 16.1 Å². The molecule has 5 rings (SSSR count). The van der Waals surface area contributed by atoms with Crippen molar-refractivity contribution >= 4 is 40.5 Å². The Morgan fingerprint density at radius 1 is 0.973 bits per heavy atom. The SMILES string of the molecule is CCOc1ccccc1N1C(=O)NC(=O)/C(=C\c2cn(Cc3ccccc3C#N)c3ccccc23)C1=O. The Labute approximate surface area is 213 Å². The van der Waals surface area contributed by atoms with Crippen LogP contribution < -0.4 is 15.0 Å². The molecule has 1 aliphatic rings. The van der Waals surface area contributed by atoms with Gasteiger partial charge in [-0.25, -0.2) is 9.69 Å². The number of hydrogen-bond acceptors (Lipinski definition) is 5. The van der Waals surface area contributed by atoms with E-state index in [1.165, 1.54) is 6.08 Å². The van der Waals surface area contributed by atoms with Crippen molar-refractivity contribution in [1.82, 2.24) is 9.88 Å². The number of nitrogens with zero attached hydrogens (tertiary/aromatic N) is 3. The summed E-state index contributed by atoms with van der Waals surface area (Å²) in [5.41, 5.74) is 3.01. The molecular weight excluding hydrogens is 468 g/mol. The summed E-state index contributed by atoms with van der Waals surface area (Å²) in [6, 6.07) is 23.0. The van der Waals surface area contributed by atoms with Crippen LogP contribution in [0.1, 0.15) is 23.6 Å². The molecule has 0 aliphatic carbocycles. The van der Waals surface area contributed by atoms with Gasteiger partial charge in [-0.1, -0.05) is 48.5 Å². The number of barbiturate groups is 1. The van der Waals surface area contributed by atoms with Crippen molar-refractivity contribution in [3.05, 3.63) is 101 Å². The summed E-state index contributed by atoms with van der Waals surface area (Å²) in [6.07, 6.45) is 3.33. The number of nitrogens with one attached hydrogen (secondary N) is 1. The zero-order valence-electron chi connectivity index (χ0n) is 20.0. The Bertz CT molecular complexity index is 1630. The quantitative estimate of drug-likeness (QED) is 0.314. The fourth-order valence-corrected chi connectivity index (χ4v) is 4.42. The number of urea groups is 1. The molecule has 0 saturated carbocycles. The van der Waals surface area contributed by atoms with E-state index in [2.05, 4.69) is 11.4 Å². The molecule has 37 heavy (non-hydrogen) atoms. The molecule has 1 aliphatic heterocycles. The summed E-state index contributed by atoms with van der Waals surface area (Å²) in [5.74, 6) is -1.16. The summed E-state index contributed by atoms with van der Waals surface area (Å²) in [4.78, 5) is 39.9. The number of amides is 4. The lowest BCUT2D eigenvalue weighted by molar-refractivity contribution is -0.122. The zero-order valence-corrected chi connectivity index (χ0v) is 20.0. The Balaban J connectivity index is 1.58. The maximum Gasteiger partial charge on any atom is 0.336 e. The molecule has 0 unspecified atom stereocenters. The van der Waals surface area contributed by atoms with Crippen LogP contribution in [0.15, 0.2) is 84.6 Å². The molecule has 1 fully saturated rings. The van der Waals surface area contributed by atoms with E-state index in [4.69, 9.17) is 4.74 Å². The summed E-state index contributed by atoms with van der Waals surface area (Å²) in [7, 11) is 0. The number of imide groups is 2. The highest BCUT2D eigenvalue weighted by Gasteiger charge is 2.38. The second kappa shape index (κ2) is 9.84. The van der Waals surface area contributed by atoms with E-state index < -0.39 is 17.8 Å². The van der Waals surface area contributed by atoms with Crippen LogP contribution in [0.2, 0.25) is 0 Å². The van der Waals surface area contributed by atoms with Crippen molar-refractivity contribution < 1.29 is 19.1 Å². The number of carbonyl (C=O) groups is 3. The first-order valence-electron chi connectivity index (χ1n) is 11.7. The molecule has 0 bridgehead atoms. The molecule has 0 atom stereocenters. The molecular formula is C29H22N4O4. The number of carbonyl (C=O) groups excluding carboxylic acids is 3. The lowest BCUT2D eigenvalue weighted by Gasteiger charge is -2.27. The van der Waals surface area contributed by atoms with Crippen LogP contribution in [0.3, 0.4) is 0 Å². The third-order valence-corrected chi connectivity index (χ3v) is 6.11. The number of ether oxygens (including phenoxy) is 1. The Hall–Kier alpha value is -5.16. The van der Waals surface area contributed by atoms with E-state index in [0.717, 1.165) is 21.4 Å². The van der Waals surface area contributed by atoms with Gasteiger partial charge in [0.05, 0.1) is 23.9 Å². The fraction of sp³-hybridized carbons (Fsp3) is 0.103. The van der Waals surface area contributed by atoms with Crippen LogP contribution in [-0.4, -0.2) is 29.0 Å². The van der Waals surface area contributed by atoms with Gasteiger partial charge in [0.15, 0.2) is 0 Å². The normalized spacial score (nSPS) is 14.6. The average molecular weight is 491 g/mol. The second-order valence-corrected chi connectivity index (χ2v) is 8.36. The first-order valence-corrected chi connectivity index (χ1v) is 11.7. The van der Waals surface area contributed by atoms with E-state index in [1.807, 2.05) is 53.2 Å². The average Bonchev–Trinajstić information content (AvgIpc) is 3.25. The van der Waals surface area contributed by atoms with Gasteiger partial charge in [-0.2, -0.15) is 5.26 Å². The van der Waals surface area contributed by atoms with Gasteiger partial charge in [0.1, 0.15) is 11.3 Å². The zero-order chi connectivity index (χ0) is 25.9. The number of para-hydroxylation sites is 3. The molecule has 2 heterocycles. The number of aromatic nitrogens is 1. The van der Waals surface area contributed by atoms with E-state index in [-0.39, 0.29) is 11.3 Å². The van der Waals surface area contributed by atoms with Crippen molar-refractivity contribution in [3.63, 3.8) is 0 Å². The van der Waals surface area contributed by atoms with Gasteiger partial charge < -0.3 is 9.30 Å². The second-order valence-electron chi connectivity index (χ2n) is 8.36. The van der Waals surface area contributed by atoms with Crippen molar-refractivity contribution in [2.24, 2.45) is 0 Å². The third kappa shape index (κ3) is 4.34. The number of benzene rings is 3. The van der Waals surface area contributed by atoms with Crippen molar-refractivity contribution in [1.29, 1.82) is 5.26 Å². The maximum atomic E-state index is 13.5. The minimum atomic E-state index is -0.838. The summed E-state index contributed by atoms with van der Waals surface area (Å²) >= 11 is 0. The van der Waals surface area contributed by atoms with E-state index in [9.17, 15) is 19.6 Å². The first-order chi connectivity index (χ1) is 18.0. The molecule has 3 aromatic carbocycles. The highest BCUT2D eigenvalue weighted by molar-refractivity contribution is 6.39. The molecule has 1 N–H and O–H groups in total. The first kappa shape index (κ1) is 23.6. The maximum absolute atomic E-state index is 13.5. The summed E-state index contributed by atoms with van der Waals surface area (Å²) < 4.78 is 7.57. The summed E-state index contributed by atoms with van der Waals surface area (Å²) in [5, 5.41) is 12.6. The molecule has 182 valence electrons. The number of rotatable bonds is 6. The Kier molecular flexibility index (Phi) is 6.27. The molecule has 0 spiro atoms. The lowest BCUT2D eigenvalue weighted by atomic mass is 10.1. The van der Waals surface area contributed by atoms with Crippen LogP contribution >= 0.6 is 0 Å². The predicted molar refractivity (Wildman–Crippen MR) is 139 cm³/mol. The molecule has 8 heteroatoms. The highest BCUT2D eigenvalue weighted by atomic mass is 16.5. The fourth-order valence-electron chi connectivity index (χ4n) is 4.42. The number of nitriles is 1. The lowest BCUT2D eigenvalue weighted by Crippen LogP contribution is -2.54. The summed E-state index contributed by atoms with van der Waals surface area (Å²) in [6.45, 7) is 2.57. The van der Waals surface area contributed by atoms with Gasteiger partial charge in [-0.05, 0) is 42.8 Å². The standard InChI is InChI=1S/C29H22N4O4/c1-2-37-26-14-8-7-13-25(26)33-28(35)23(27(34)31-29(33)36)15-21-18-32(24-12-6-5-11-22(21)24)17-20-10-4-3-9-19(20)16-30/h3-15,18H,2,17H2,1H3,(H,31,34,36)/b23-15+. The van der Waals surface area contributed by atoms with Crippen LogP contribution in [0.4, 0.5) is 10.5 Å². The molecule has 4 aromatic rings. The molecule has 8 nitrogen and oxygen atoms in total. The van der Waals surface area contributed by atoms with Gasteiger partial charge in [0.2, 0.25) is 0 Å². The van der Waals surface area contributed by atoms with E-state index in [0.29, 0.717) is 30.0 Å². The highest BCUT2D eigenvalue weighted by Crippen LogP contribution is 2.32. The van der Waals surface area contributed by atoms with Gasteiger partial charge in [-0.15, -0.1) is 0 Å². The van der Waals surface area contributed by atoms with Gasteiger partial charge in [0, 0.05) is 29.2 Å². The molecule has 1 saturated heterocycles. The van der Waals surface area contributed by atoms with Crippen LogP contribution in [0, 0.1) is 11.3 Å². The van der Waals surface area contributed by atoms with Crippen LogP contribution in [0.5, 0.6) is 5.75 Å². The Morgan fingerprint density at radius 2 is 1.70 bits per heavy atom. The number of hydrogen-bond donors (Lipinski definition) is 1. The largest absolute Gasteiger partial charge is 0.492 e. The Morgan fingerprint density at radius 3 is 2.51 bits per heavy atom. The smallest absolute Gasteiger partial charge is 0.336 e. The minimum Gasteiger partial charge on any atom is -0.492 e. The monoisotopic (exact) mass is 490 g/mol. The molecule has 0 radical (unpaired) electrons. The van der Waals surface area contributed by atoms with E-state index >= 15 is 0 Å². The van der Waals surface area contributed by atoms with Crippen molar-refractivity contribution in [2.45, 2.75) is 13.5 Å². The van der Waals surface area contributed by atoms with Gasteiger partial charge >= 0.3 is 6.03 Å². The van der Waals surface area contributed by atoms with Crippen molar-refractivity contribution in [2.75, 3.05) is 11.5 Å². The van der Waals surface area contributed by atoms with Crippen molar-refractivity contribution in [3.8, 4) is 11.8 Å². The van der Waals surface area contributed by atoms with Gasteiger partial charge in [-0.3, -0.25) is 14.9 Å². The number of anilines is 1. The molecule has 4 amide bonds. The van der Waals surface area contributed by atoms with Gasteiger partial charge in [0.25, 0.3) is 11.8 Å². The van der Waals surface area contributed by atoms with Crippen LogP contribution in [0.25, 0.3) is 17.0 Å². The van der Waals surface area contributed by atoms with E-state index in [1.54, 1.807) is 37.3 Å². The number of fused-ring (bicyclic) bond motifs is 1. The minimum absolute atomic E-state index is 0.175. The third-order valence-electron chi connectivity index (χ3n) is 6.11. The topological polar surface area (TPSA) is 104 Å². The predicted octanol–water partition coefficient (Wildman–Crippen LogP) is 4.63. The molecule has 1 aromatic heterocycles.